The zero-order chi connectivity index (χ0) is 27.4. The molecule has 0 bridgehead atoms. The summed E-state index contributed by atoms with van der Waals surface area (Å²) in [5.74, 6) is -4.85. The van der Waals surface area contributed by atoms with Crippen LogP contribution in [0, 0.1) is 12.8 Å². The zero-order valence-electron chi connectivity index (χ0n) is 20.1. The van der Waals surface area contributed by atoms with E-state index < -0.39 is 63.8 Å². The summed E-state index contributed by atoms with van der Waals surface area (Å²) in [7, 11) is 0. The smallest absolute Gasteiger partial charge is 0.190 e. The van der Waals surface area contributed by atoms with E-state index in [-0.39, 0.29) is 43.5 Å². The van der Waals surface area contributed by atoms with Gasteiger partial charge in [0, 0.05) is 45.4 Å². The SMILES string of the molecule is Cc1cc(=O)c2c3c4c5c6c(c(O)cc(O)c6c(O)c6c(=O)cc(CO)c(c13)c65)C1=C(O)C=C(O)C(C=2O)C14. The maximum Gasteiger partial charge on any atom is 0.190 e. The summed E-state index contributed by atoms with van der Waals surface area (Å²) < 4.78 is 0. The second-order valence-electron chi connectivity index (χ2n) is 10.5. The van der Waals surface area contributed by atoms with E-state index in [9.17, 15) is 45.3 Å². The Morgan fingerprint density at radius 3 is 2.18 bits per heavy atom. The van der Waals surface area contributed by atoms with Crippen molar-refractivity contribution in [3.63, 3.8) is 0 Å². The average Bonchev–Trinajstić information content (AvgIpc) is 2.86. The molecule has 5 aromatic rings. The van der Waals surface area contributed by atoms with Gasteiger partial charge >= 0.3 is 0 Å². The van der Waals surface area contributed by atoms with E-state index >= 15 is 0 Å². The van der Waals surface area contributed by atoms with Gasteiger partial charge in [0.15, 0.2) is 10.9 Å². The Hall–Kier alpha value is -5.02. The Morgan fingerprint density at radius 1 is 0.718 bits per heavy atom. The molecule has 192 valence electrons. The minimum absolute atomic E-state index is 0.0532. The summed E-state index contributed by atoms with van der Waals surface area (Å²) in [6.07, 6.45) is 1.04. The van der Waals surface area contributed by atoms with E-state index in [1.54, 1.807) is 6.92 Å². The van der Waals surface area contributed by atoms with Crippen LogP contribution in [-0.4, -0.2) is 35.7 Å². The number of benzene rings is 5. The van der Waals surface area contributed by atoms with Crippen molar-refractivity contribution >= 4 is 54.4 Å². The van der Waals surface area contributed by atoms with Crippen LogP contribution >= 0.6 is 0 Å². The van der Waals surface area contributed by atoms with Crippen LogP contribution in [0.1, 0.15) is 28.2 Å². The summed E-state index contributed by atoms with van der Waals surface area (Å²) in [5.41, 5.74) is 0.190. The number of aryl methyl sites for hydroxylation is 1. The molecule has 3 aliphatic carbocycles. The molecule has 2 unspecified atom stereocenters. The van der Waals surface area contributed by atoms with Crippen molar-refractivity contribution in [2.75, 3.05) is 0 Å². The molecule has 0 aromatic heterocycles. The van der Waals surface area contributed by atoms with Gasteiger partial charge in [-0.3, -0.25) is 9.59 Å². The van der Waals surface area contributed by atoms with Gasteiger partial charge in [-0.25, -0.2) is 0 Å². The van der Waals surface area contributed by atoms with Crippen LogP contribution in [-0.2, 0) is 6.61 Å². The Bertz CT molecular complexity index is 2330. The average molecular weight is 522 g/mol. The number of aromatic hydroxyl groups is 3. The van der Waals surface area contributed by atoms with Gasteiger partial charge in [0.25, 0.3) is 0 Å². The van der Waals surface area contributed by atoms with Gasteiger partial charge in [-0.1, -0.05) is 0 Å². The molecule has 0 heterocycles. The highest BCUT2D eigenvalue weighted by atomic mass is 16.3. The van der Waals surface area contributed by atoms with Gasteiger partial charge in [0.05, 0.1) is 28.5 Å². The fraction of sp³-hybridized carbons (Fsp3) is 0.133. The zero-order valence-corrected chi connectivity index (χ0v) is 20.1. The van der Waals surface area contributed by atoms with Crippen LogP contribution in [0.2, 0.25) is 0 Å². The topological polar surface area (TPSA) is 176 Å². The van der Waals surface area contributed by atoms with Gasteiger partial charge < -0.3 is 35.7 Å². The standard InChI is InChI=1S/C30H18O9/c1-7-2-9(32)19-23-15(7)16-8(6-31)3-10(33)20-24(16)28-26-18(12(35)5-14(37)22(26)30(20)39)17-11(34)4-13(36)21(29(19)38)25(17)27(23)28/h2-5,21,25,31,34-39H,6H2,1H3. The molecular weight excluding hydrogens is 504 g/mol. The third kappa shape index (κ3) is 2.16. The second-order valence-corrected chi connectivity index (χ2v) is 10.5. The van der Waals surface area contributed by atoms with Gasteiger partial charge in [-0.2, -0.15) is 0 Å². The van der Waals surface area contributed by atoms with E-state index in [1.165, 1.54) is 12.1 Å². The fourth-order valence-electron chi connectivity index (χ4n) is 7.46. The highest BCUT2D eigenvalue weighted by molar-refractivity contribution is 6.36. The van der Waals surface area contributed by atoms with Crippen molar-refractivity contribution in [1.29, 1.82) is 0 Å². The lowest BCUT2D eigenvalue weighted by molar-refractivity contribution is 0.283. The Labute approximate surface area is 216 Å². The molecule has 9 nitrogen and oxygen atoms in total. The van der Waals surface area contributed by atoms with E-state index in [4.69, 9.17) is 0 Å². The second kappa shape index (κ2) is 6.51. The van der Waals surface area contributed by atoms with E-state index in [2.05, 4.69) is 0 Å². The lowest BCUT2D eigenvalue weighted by Gasteiger charge is -2.40. The van der Waals surface area contributed by atoms with Gasteiger partial charge in [-0.05, 0) is 51.9 Å². The molecule has 9 heteroatoms. The number of fused-ring (bicyclic) bond motifs is 2. The summed E-state index contributed by atoms with van der Waals surface area (Å²) in [5, 5.41) is 79.0. The first-order valence-electron chi connectivity index (χ1n) is 12.2. The van der Waals surface area contributed by atoms with Gasteiger partial charge in [-0.15, -0.1) is 0 Å². The van der Waals surface area contributed by atoms with Crippen LogP contribution in [0.25, 0.3) is 54.4 Å². The molecule has 2 atom stereocenters. The molecular formula is C30H18O9. The number of phenols is 3. The molecule has 39 heavy (non-hydrogen) atoms. The van der Waals surface area contributed by atoms with E-state index in [1.807, 2.05) is 0 Å². The monoisotopic (exact) mass is 522 g/mol. The number of phenolic OH excluding ortho intramolecular Hbond substituents is 3. The predicted octanol–water partition coefficient (Wildman–Crippen LogP) is 3.21. The highest BCUT2D eigenvalue weighted by Crippen LogP contribution is 2.62. The summed E-state index contributed by atoms with van der Waals surface area (Å²) in [6.45, 7) is 1.14. The molecule has 0 saturated heterocycles. The fourth-order valence-corrected chi connectivity index (χ4v) is 7.46. The van der Waals surface area contributed by atoms with Crippen molar-refractivity contribution in [1.82, 2.24) is 0 Å². The van der Waals surface area contributed by atoms with Crippen LogP contribution < -0.4 is 16.1 Å². The third-order valence-corrected chi connectivity index (χ3v) is 8.73. The maximum atomic E-state index is 13.4. The molecule has 0 aliphatic heterocycles. The number of hydrogen-bond acceptors (Lipinski definition) is 9. The molecule has 7 N–H and O–H groups in total. The molecule has 5 aromatic carbocycles. The quantitative estimate of drug-likeness (QED) is 0.129. The summed E-state index contributed by atoms with van der Waals surface area (Å²) >= 11 is 0. The molecule has 0 amide bonds. The highest BCUT2D eigenvalue weighted by Gasteiger charge is 2.48. The minimum Gasteiger partial charge on any atom is -0.511 e. The third-order valence-electron chi connectivity index (χ3n) is 8.73. The van der Waals surface area contributed by atoms with Crippen molar-refractivity contribution < 1.29 is 35.7 Å². The minimum atomic E-state index is -1.18. The lowest BCUT2D eigenvalue weighted by atomic mass is 9.63. The van der Waals surface area contributed by atoms with Crippen LogP contribution in [0.4, 0.5) is 0 Å². The number of aliphatic hydroxyl groups is 4. The first kappa shape index (κ1) is 22.0. The number of aliphatic hydroxyl groups excluding tert-OH is 4. The first-order chi connectivity index (χ1) is 18.6. The van der Waals surface area contributed by atoms with Gasteiger partial charge in [0.1, 0.15) is 34.5 Å². The predicted molar refractivity (Wildman–Crippen MR) is 144 cm³/mol. The molecule has 0 fully saturated rings. The van der Waals surface area contributed by atoms with Crippen molar-refractivity contribution in [3.05, 3.63) is 83.7 Å². The van der Waals surface area contributed by atoms with Crippen LogP contribution in [0.3, 0.4) is 0 Å². The Kier molecular flexibility index (Phi) is 3.67. The maximum absolute atomic E-state index is 13.4. The molecule has 8 rings (SSSR count). The normalized spacial score (nSPS) is 19.4. The Morgan fingerprint density at radius 2 is 1.46 bits per heavy atom. The van der Waals surface area contributed by atoms with Crippen molar-refractivity contribution in [2.24, 2.45) is 5.92 Å². The van der Waals surface area contributed by atoms with E-state index in [0.717, 1.165) is 12.1 Å². The van der Waals surface area contributed by atoms with Crippen LogP contribution in [0.5, 0.6) is 17.2 Å². The van der Waals surface area contributed by atoms with Crippen LogP contribution in [0.15, 0.2) is 45.4 Å². The van der Waals surface area contributed by atoms with Crippen molar-refractivity contribution in [3.8, 4) is 17.2 Å². The lowest BCUT2D eigenvalue weighted by Crippen LogP contribution is -2.39. The van der Waals surface area contributed by atoms with Crippen molar-refractivity contribution in [2.45, 2.75) is 19.4 Å². The number of allylic oxidation sites excluding steroid dienone is 2. The molecule has 0 spiro atoms. The Balaban J connectivity index is 1.93. The summed E-state index contributed by atoms with van der Waals surface area (Å²) in [4.78, 5) is 26.8. The number of rotatable bonds is 1. The first-order valence-corrected chi connectivity index (χ1v) is 12.2. The molecule has 3 aliphatic rings. The molecule has 0 radical (unpaired) electrons. The number of hydrogen-bond donors (Lipinski definition) is 7. The van der Waals surface area contributed by atoms with E-state index in [0.29, 0.717) is 32.7 Å². The largest absolute Gasteiger partial charge is 0.511 e. The van der Waals surface area contributed by atoms with Gasteiger partial charge in [0.2, 0.25) is 0 Å². The molecule has 0 saturated carbocycles. The summed E-state index contributed by atoms with van der Waals surface area (Å²) in [6, 6.07) is 3.52.